The molecule has 2 aromatic heterocycles. The number of aromatic carboxylic acids is 1. The molecule has 29 heavy (non-hydrogen) atoms. The Morgan fingerprint density at radius 3 is 2.48 bits per heavy atom. The zero-order valence-electron chi connectivity index (χ0n) is 15.4. The number of benzene rings is 2. The zero-order chi connectivity index (χ0) is 20.4. The number of nitrogens with zero attached hydrogens (tertiary/aromatic N) is 1. The molecular weight excluding hydrogens is 386 g/mol. The summed E-state index contributed by atoms with van der Waals surface area (Å²) in [4.78, 5) is 23.8. The highest BCUT2D eigenvalue weighted by Crippen LogP contribution is 2.23. The second-order valence-electron chi connectivity index (χ2n) is 6.47. The second-order valence-corrected chi connectivity index (χ2v) is 7.58. The Morgan fingerprint density at radius 1 is 1.07 bits per heavy atom. The molecule has 0 fully saturated rings. The van der Waals surface area contributed by atoms with E-state index in [0.29, 0.717) is 27.3 Å². The lowest BCUT2D eigenvalue weighted by Crippen LogP contribution is -2.31. The monoisotopic (exact) mass is 403 g/mol. The molecule has 0 spiro atoms. The molecule has 0 bridgehead atoms. The molecule has 0 saturated heterocycles. The van der Waals surface area contributed by atoms with Crippen molar-refractivity contribution in [3.05, 3.63) is 103 Å². The van der Waals surface area contributed by atoms with Crippen molar-refractivity contribution in [3.8, 4) is 11.3 Å². The number of carboxylic acid groups (broad SMARTS) is 1. The van der Waals surface area contributed by atoms with E-state index < -0.39 is 5.97 Å². The maximum absolute atomic E-state index is 12.8. The van der Waals surface area contributed by atoms with Gasteiger partial charge < -0.3 is 9.52 Å². The van der Waals surface area contributed by atoms with Crippen molar-refractivity contribution in [1.82, 2.24) is 4.57 Å². The SMILES string of the molecule is C=c1s/c(=C\c2ccc(-c3ccc(C(=O)O)cc3)o2)c(=O)n1Cc1ccccc1. The highest BCUT2D eigenvalue weighted by Gasteiger charge is 2.08. The van der Waals surface area contributed by atoms with Crippen molar-refractivity contribution in [2.24, 2.45) is 0 Å². The summed E-state index contributed by atoms with van der Waals surface area (Å²) in [7, 11) is 0. The van der Waals surface area contributed by atoms with Crippen LogP contribution in [0.2, 0.25) is 0 Å². The van der Waals surface area contributed by atoms with E-state index in [4.69, 9.17) is 9.52 Å². The lowest BCUT2D eigenvalue weighted by atomic mass is 10.1. The van der Waals surface area contributed by atoms with Crippen molar-refractivity contribution in [2.45, 2.75) is 6.54 Å². The van der Waals surface area contributed by atoms with Gasteiger partial charge in [0.1, 0.15) is 11.5 Å². The Labute approximate surface area is 170 Å². The third kappa shape index (κ3) is 3.97. The molecule has 4 aromatic rings. The molecule has 2 heterocycles. The van der Waals surface area contributed by atoms with Crippen LogP contribution in [0.3, 0.4) is 0 Å². The van der Waals surface area contributed by atoms with Gasteiger partial charge in [-0.3, -0.25) is 9.36 Å². The molecule has 144 valence electrons. The summed E-state index contributed by atoms with van der Waals surface area (Å²) in [6, 6.07) is 19.8. The molecule has 6 heteroatoms. The van der Waals surface area contributed by atoms with E-state index in [1.807, 2.05) is 30.3 Å². The summed E-state index contributed by atoms with van der Waals surface area (Å²) in [5.74, 6) is 0.176. The summed E-state index contributed by atoms with van der Waals surface area (Å²) in [6.45, 7) is 4.47. The average Bonchev–Trinajstić information content (AvgIpc) is 3.29. The summed E-state index contributed by atoms with van der Waals surface area (Å²) >= 11 is 1.32. The molecule has 0 unspecified atom stereocenters. The number of aromatic nitrogens is 1. The molecular formula is C23H17NO4S. The van der Waals surface area contributed by atoms with Crippen LogP contribution in [0.4, 0.5) is 0 Å². The van der Waals surface area contributed by atoms with Crippen LogP contribution in [0.1, 0.15) is 21.7 Å². The fourth-order valence-corrected chi connectivity index (χ4v) is 3.87. The number of furan rings is 1. The van der Waals surface area contributed by atoms with Crippen molar-refractivity contribution >= 4 is 30.0 Å². The lowest BCUT2D eigenvalue weighted by molar-refractivity contribution is 0.0697. The van der Waals surface area contributed by atoms with Gasteiger partial charge >= 0.3 is 5.97 Å². The summed E-state index contributed by atoms with van der Waals surface area (Å²) in [5, 5.41) is 8.99. The van der Waals surface area contributed by atoms with Gasteiger partial charge in [0.2, 0.25) is 0 Å². The number of carboxylic acids is 1. The van der Waals surface area contributed by atoms with Crippen LogP contribution in [0.25, 0.3) is 24.0 Å². The number of hydrogen-bond donors (Lipinski definition) is 1. The first-order valence-corrected chi connectivity index (χ1v) is 9.71. The van der Waals surface area contributed by atoms with Crippen molar-refractivity contribution in [1.29, 1.82) is 0 Å². The third-order valence-electron chi connectivity index (χ3n) is 4.48. The molecule has 4 rings (SSSR count). The maximum atomic E-state index is 12.8. The van der Waals surface area contributed by atoms with E-state index >= 15 is 0 Å². The van der Waals surface area contributed by atoms with Gasteiger partial charge in [-0.25, -0.2) is 4.79 Å². The predicted octanol–water partition coefficient (Wildman–Crippen LogP) is 3.16. The van der Waals surface area contributed by atoms with E-state index in [1.165, 1.54) is 23.5 Å². The average molecular weight is 403 g/mol. The van der Waals surface area contributed by atoms with Crippen LogP contribution in [0.15, 0.2) is 75.9 Å². The van der Waals surface area contributed by atoms with E-state index in [2.05, 4.69) is 6.58 Å². The van der Waals surface area contributed by atoms with E-state index in [1.54, 1.807) is 34.9 Å². The first-order chi connectivity index (χ1) is 14.0. The first-order valence-electron chi connectivity index (χ1n) is 8.89. The Morgan fingerprint density at radius 2 is 1.79 bits per heavy atom. The van der Waals surface area contributed by atoms with Crippen LogP contribution in [-0.2, 0) is 6.54 Å². The quantitative estimate of drug-likeness (QED) is 0.556. The number of rotatable bonds is 5. The lowest BCUT2D eigenvalue weighted by Gasteiger charge is -2.01. The van der Waals surface area contributed by atoms with Crippen molar-refractivity contribution in [2.75, 3.05) is 0 Å². The van der Waals surface area contributed by atoms with Gasteiger partial charge in [0.25, 0.3) is 5.56 Å². The number of carbonyl (C=O) groups is 1. The van der Waals surface area contributed by atoms with Gasteiger partial charge in [0.15, 0.2) is 0 Å². The van der Waals surface area contributed by atoms with Gasteiger partial charge in [0, 0.05) is 11.6 Å². The van der Waals surface area contributed by atoms with Crippen LogP contribution >= 0.6 is 11.3 Å². The fraction of sp³-hybridized carbons (Fsp3) is 0.0435. The van der Waals surface area contributed by atoms with Gasteiger partial charge in [-0.05, 0) is 29.8 Å². The molecule has 1 N–H and O–H groups in total. The Bertz CT molecular complexity index is 1330. The summed E-state index contributed by atoms with van der Waals surface area (Å²) < 4.78 is 8.72. The molecule has 0 aliphatic rings. The highest BCUT2D eigenvalue weighted by atomic mass is 32.1. The topological polar surface area (TPSA) is 72.4 Å². The molecule has 0 amide bonds. The highest BCUT2D eigenvalue weighted by molar-refractivity contribution is 7.07. The van der Waals surface area contributed by atoms with Gasteiger partial charge in [-0.1, -0.05) is 49.0 Å². The zero-order valence-corrected chi connectivity index (χ0v) is 16.2. The normalized spacial score (nSPS) is 11.7. The minimum absolute atomic E-state index is 0.104. The second kappa shape index (κ2) is 7.77. The first kappa shape index (κ1) is 18.7. The third-order valence-corrected chi connectivity index (χ3v) is 5.45. The van der Waals surface area contributed by atoms with E-state index in [9.17, 15) is 9.59 Å². The van der Waals surface area contributed by atoms with Gasteiger partial charge in [0.05, 0.1) is 21.3 Å². The molecule has 0 atom stereocenters. The van der Waals surface area contributed by atoms with Gasteiger partial charge in [-0.15, -0.1) is 11.3 Å². The van der Waals surface area contributed by atoms with Crippen molar-refractivity contribution < 1.29 is 14.3 Å². The minimum atomic E-state index is -0.974. The standard InChI is InChI=1S/C23H17NO4S/c1-15-24(14-16-5-3-2-4-6-16)22(25)21(29-15)13-19-11-12-20(28-19)17-7-9-18(10-8-17)23(26)27/h2-13H,1,14H2,(H,26,27)/b21-13-. The summed E-state index contributed by atoms with van der Waals surface area (Å²) in [5.41, 5.74) is 1.91. The fourth-order valence-electron chi connectivity index (χ4n) is 2.98. The molecule has 0 saturated carbocycles. The molecule has 0 aliphatic carbocycles. The van der Waals surface area contributed by atoms with Crippen LogP contribution in [-0.4, -0.2) is 15.6 Å². The number of hydrogen-bond acceptors (Lipinski definition) is 4. The van der Waals surface area contributed by atoms with Gasteiger partial charge in [-0.2, -0.15) is 0 Å². The van der Waals surface area contributed by atoms with Crippen LogP contribution < -0.4 is 14.8 Å². The number of thiazole rings is 1. The Balaban J connectivity index is 1.64. The Hall–Kier alpha value is -3.64. The molecule has 0 radical (unpaired) electrons. The van der Waals surface area contributed by atoms with Crippen LogP contribution in [0.5, 0.6) is 0 Å². The molecule has 0 aliphatic heterocycles. The smallest absolute Gasteiger partial charge is 0.335 e. The van der Waals surface area contributed by atoms with Crippen LogP contribution in [0, 0.1) is 0 Å². The van der Waals surface area contributed by atoms with E-state index in [-0.39, 0.29) is 11.1 Å². The minimum Gasteiger partial charge on any atom is -0.478 e. The largest absolute Gasteiger partial charge is 0.478 e. The molecule has 5 nitrogen and oxygen atoms in total. The Kier molecular flexibility index (Phi) is 5.01. The molecule has 2 aromatic carbocycles. The summed E-state index contributed by atoms with van der Waals surface area (Å²) in [6.07, 6.45) is 1.71. The predicted molar refractivity (Wildman–Crippen MR) is 114 cm³/mol. The van der Waals surface area contributed by atoms with Crippen molar-refractivity contribution in [3.63, 3.8) is 0 Å². The van der Waals surface area contributed by atoms with E-state index in [0.717, 1.165) is 11.1 Å². The maximum Gasteiger partial charge on any atom is 0.335 e.